The molecule has 0 atom stereocenters. The van der Waals surface area contributed by atoms with Gasteiger partial charge in [0.1, 0.15) is 0 Å². The van der Waals surface area contributed by atoms with E-state index in [-0.39, 0.29) is 11.2 Å². The van der Waals surface area contributed by atoms with Crippen LogP contribution < -0.4 is 5.46 Å². The second-order valence-electron chi connectivity index (χ2n) is 11.0. The highest BCUT2D eigenvalue weighted by Crippen LogP contribution is 2.43. The lowest BCUT2D eigenvalue weighted by atomic mass is 9.77. The lowest BCUT2D eigenvalue weighted by Gasteiger charge is -2.32. The highest BCUT2D eigenvalue weighted by molar-refractivity contribution is 6.62. The third-order valence-corrected chi connectivity index (χ3v) is 8.26. The largest absolute Gasteiger partial charge is 0.494 e. The molecule has 1 fully saturated rings. The minimum atomic E-state index is -0.410. The number of benzene rings is 5. The predicted molar refractivity (Wildman–Crippen MR) is 155 cm³/mol. The summed E-state index contributed by atoms with van der Waals surface area (Å²) in [6, 6.07) is 34.3. The second-order valence-corrected chi connectivity index (χ2v) is 11.0. The summed E-state index contributed by atoms with van der Waals surface area (Å²) in [4.78, 5) is 5.22. The summed E-state index contributed by atoms with van der Waals surface area (Å²) < 4.78 is 12.8. The molecule has 2 heterocycles. The molecule has 0 bridgehead atoms. The maximum absolute atomic E-state index is 6.41. The molecule has 1 aromatic heterocycles. The van der Waals surface area contributed by atoms with Crippen molar-refractivity contribution < 1.29 is 9.31 Å². The van der Waals surface area contributed by atoms with Crippen LogP contribution in [-0.2, 0) is 9.31 Å². The fourth-order valence-corrected chi connectivity index (χ4v) is 5.62. The number of hydrogen-bond acceptors (Lipinski definition) is 3. The summed E-state index contributed by atoms with van der Waals surface area (Å²) in [5.41, 5.74) is 3.39. The molecule has 0 N–H and O–H groups in total. The smallest absolute Gasteiger partial charge is 0.399 e. The maximum atomic E-state index is 6.41. The summed E-state index contributed by atoms with van der Waals surface area (Å²) in [5.74, 6) is 0. The van der Waals surface area contributed by atoms with Gasteiger partial charge in [-0.25, -0.2) is 4.98 Å². The van der Waals surface area contributed by atoms with Crippen molar-refractivity contribution in [2.45, 2.75) is 38.9 Å². The van der Waals surface area contributed by atoms with E-state index in [9.17, 15) is 0 Å². The van der Waals surface area contributed by atoms with Crippen molar-refractivity contribution >= 4 is 55.8 Å². The van der Waals surface area contributed by atoms with Gasteiger partial charge in [-0.05, 0) is 60.8 Å². The second kappa shape index (κ2) is 7.88. The molecule has 0 radical (unpaired) electrons. The molecule has 1 aliphatic heterocycles. The molecular weight excluding hydrogens is 453 g/mol. The van der Waals surface area contributed by atoms with Crippen molar-refractivity contribution in [2.75, 3.05) is 0 Å². The van der Waals surface area contributed by atoms with E-state index < -0.39 is 7.12 Å². The average molecular weight is 481 g/mol. The van der Waals surface area contributed by atoms with Gasteiger partial charge in [0.25, 0.3) is 0 Å². The molecule has 1 aliphatic rings. The molecule has 5 aromatic carbocycles. The standard InChI is InChI=1S/C33H28BNO2/c1-32(2)33(3,4)37-34(36-32)22-18-19-25-27(20-22)23-14-8-9-15-24(23)29-26-16-10-11-17-28(26)35-31(30(25)29)21-12-6-5-7-13-21/h5-20H,1-4H3. The molecule has 7 rings (SSSR count). The van der Waals surface area contributed by atoms with E-state index in [2.05, 4.69) is 125 Å². The van der Waals surface area contributed by atoms with Gasteiger partial charge in [-0.2, -0.15) is 0 Å². The molecule has 0 unspecified atom stereocenters. The van der Waals surface area contributed by atoms with Crippen molar-refractivity contribution in [1.82, 2.24) is 4.98 Å². The van der Waals surface area contributed by atoms with Crippen molar-refractivity contribution in [2.24, 2.45) is 0 Å². The lowest BCUT2D eigenvalue weighted by molar-refractivity contribution is 0.00578. The molecule has 0 saturated carbocycles. The topological polar surface area (TPSA) is 31.4 Å². The molecule has 6 aromatic rings. The molecule has 0 spiro atoms. The van der Waals surface area contributed by atoms with Crippen LogP contribution in [0.3, 0.4) is 0 Å². The first-order valence-corrected chi connectivity index (χ1v) is 12.9. The molecular formula is C33H28BNO2. The van der Waals surface area contributed by atoms with Gasteiger partial charge in [0, 0.05) is 21.7 Å². The zero-order valence-corrected chi connectivity index (χ0v) is 21.6. The molecule has 0 amide bonds. The summed E-state index contributed by atoms with van der Waals surface area (Å²) in [6.07, 6.45) is 0. The van der Waals surface area contributed by atoms with Gasteiger partial charge < -0.3 is 9.31 Å². The monoisotopic (exact) mass is 481 g/mol. The van der Waals surface area contributed by atoms with Crippen LogP contribution in [0.1, 0.15) is 27.7 Å². The molecule has 0 aliphatic carbocycles. The van der Waals surface area contributed by atoms with Gasteiger partial charge in [-0.15, -0.1) is 0 Å². The predicted octanol–water partition coefficient (Wildman–Crippen LogP) is 7.66. The number of pyridine rings is 1. The van der Waals surface area contributed by atoms with Crippen LogP contribution in [-0.4, -0.2) is 23.3 Å². The molecule has 37 heavy (non-hydrogen) atoms. The fourth-order valence-electron chi connectivity index (χ4n) is 5.62. The van der Waals surface area contributed by atoms with Crippen molar-refractivity contribution in [3.05, 3.63) is 97.1 Å². The first-order valence-electron chi connectivity index (χ1n) is 12.9. The van der Waals surface area contributed by atoms with E-state index in [1.165, 1.54) is 37.7 Å². The van der Waals surface area contributed by atoms with Crippen LogP contribution in [0.5, 0.6) is 0 Å². The number of fused-ring (bicyclic) bond motifs is 8. The van der Waals surface area contributed by atoms with Gasteiger partial charge in [0.15, 0.2) is 0 Å². The first kappa shape index (κ1) is 22.5. The lowest BCUT2D eigenvalue weighted by Crippen LogP contribution is -2.41. The Morgan fingerprint density at radius 1 is 0.568 bits per heavy atom. The molecule has 3 nitrogen and oxygen atoms in total. The number of rotatable bonds is 2. The average Bonchev–Trinajstić information content (AvgIpc) is 3.14. The van der Waals surface area contributed by atoms with E-state index in [4.69, 9.17) is 14.3 Å². The fraction of sp³-hybridized carbons (Fsp3) is 0.182. The Kier molecular flexibility index (Phi) is 4.79. The Hall–Kier alpha value is -3.73. The zero-order valence-electron chi connectivity index (χ0n) is 21.6. The summed E-state index contributed by atoms with van der Waals surface area (Å²) in [7, 11) is -0.410. The van der Waals surface area contributed by atoms with E-state index in [0.717, 1.165) is 22.2 Å². The minimum Gasteiger partial charge on any atom is -0.399 e. The molecule has 4 heteroatoms. The van der Waals surface area contributed by atoms with Crippen molar-refractivity contribution in [1.29, 1.82) is 0 Å². The van der Waals surface area contributed by atoms with Gasteiger partial charge >= 0.3 is 7.12 Å². The SMILES string of the molecule is CC1(C)OB(c2ccc3c(c2)c2ccccc2c2c4ccccc4nc(-c4ccccc4)c32)OC1(C)C. The highest BCUT2D eigenvalue weighted by Gasteiger charge is 2.51. The van der Waals surface area contributed by atoms with Gasteiger partial charge in [-0.1, -0.05) is 91.0 Å². The van der Waals surface area contributed by atoms with Crippen LogP contribution in [0, 0.1) is 0 Å². The Balaban J connectivity index is 1.62. The summed E-state index contributed by atoms with van der Waals surface area (Å²) in [6.45, 7) is 8.39. The Bertz CT molecular complexity index is 1830. The number of hydrogen-bond donors (Lipinski definition) is 0. The first-order chi connectivity index (χ1) is 17.8. The van der Waals surface area contributed by atoms with Crippen LogP contribution in [0.4, 0.5) is 0 Å². The van der Waals surface area contributed by atoms with Gasteiger partial charge in [0.2, 0.25) is 0 Å². The van der Waals surface area contributed by atoms with E-state index in [0.29, 0.717) is 0 Å². The Labute approximate surface area is 217 Å². The summed E-state index contributed by atoms with van der Waals surface area (Å²) >= 11 is 0. The molecule has 180 valence electrons. The van der Waals surface area contributed by atoms with Crippen molar-refractivity contribution in [3.8, 4) is 11.3 Å². The van der Waals surface area contributed by atoms with E-state index in [1.807, 2.05) is 0 Å². The third-order valence-electron chi connectivity index (χ3n) is 8.26. The normalized spacial score (nSPS) is 16.8. The summed E-state index contributed by atoms with van der Waals surface area (Å²) in [5, 5.41) is 8.42. The quantitative estimate of drug-likeness (QED) is 0.188. The third kappa shape index (κ3) is 3.33. The van der Waals surface area contributed by atoms with Crippen LogP contribution in [0.2, 0.25) is 0 Å². The van der Waals surface area contributed by atoms with Crippen LogP contribution in [0.15, 0.2) is 97.1 Å². The highest BCUT2D eigenvalue weighted by atomic mass is 16.7. The van der Waals surface area contributed by atoms with E-state index >= 15 is 0 Å². The van der Waals surface area contributed by atoms with Gasteiger partial charge in [0.05, 0.1) is 22.4 Å². The van der Waals surface area contributed by atoms with E-state index in [1.54, 1.807) is 0 Å². The van der Waals surface area contributed by atoms with Crippen molar-refractivity contribution in [3.63, 3.8) is 0 Å². The maximum Gasteiger partial charge on any atom is 0.494 e. The zero-order chi connectivity index (χ0) is 25.4. The Morgan fingerprint density at radius 2 is 1.16 bits per heavy atom. The number of aromatic nitrogens is 1. The van der Waals surface area contributed by atoms with Crippen LogP contribution >= 0.6 is 0 Å². The number of nitrogens with zero attached hydrogens (tertiary/aromatic N) is 1. The molecule has 1 saturated heterocycles. The number of para-hydroxylation sites is 1. The minimum absolute atomic E-state index is 0.388. The van der Waals surface area contributed by atoms with Gasteiger partial charge in [-0.3, -0.25) is 0 Å². The van der Waals surface area contributed by atoms with Crippen LogP contribution in [0.25, 0.3) is 54.5 Å². The Morgan fingerprint density at radius 3 is 1.89 bits per heavy atom.